The standard InChI is InChI=1S/C11H9Cl/c1-2-10-6-3-4-7-11(10)8-5-9-12/h1,3-8H,9H2. The normalized spacial score (nSPS) is 10.0. The summed E-state index contributed by atoms with van der Waals surface area (Å²) in [6.07, 6.45) is 9.11. The molecule has 0 saturated carbocycles. The van der Waals surface area contributed by atoms with E-state index < -0.39 is 0 Å². The zero-order valence-corrected chi connectivity index (χ0v) is 7.38. The average molecular weight is 177 g/mol. The third-order valence-corrected chi connectivity index (χ3v) is 1.68. The molecule has 0 amide bonds. The van der Waals surface area contributed by atoms with Crippen LogP contribution in [0.1, 0.15) is 11.1 Å². The van der Waals surface area contributed by atoms with Crippen molar-refractivity contribution in [2.75, 3.05) is 5.88 Å². The van der Waals surface area contributed by atoms with Gasteiger partial charge in [-0.05, 0) is 11.6 Å². The van der Waals surface area contributed by atoms with Crippen molar-refractivity contribution in [2.24, 2.45) is 0 Å². The van der Waals surface area contributed by atoms with Crippen molar-refractivity contribution in [3.63, 3.8) is 0 Å². The van der Waals surface area contributed by atoms with Crippen LogP contribution in [0.2, 0.25) is 0 Å². The predicted octanol–water partition coefficient (Wildman–Crippen LogP) is 2.92. The summed E-state index contributed by atoms with van der Waals surface area (Å²) in [7, 11) is 0. The van der Waals surface area contributed by atoms with Crippen molar-refractivity contribution >= 4 is 17.7 Å². The van der Waals surface area contributed by atoms with Crippen molar-refractivity contribution in [1.82, 2.24) is 0 Å². The molecule has 0 saturated heterocycles. The highest BCUT2D eigenvalue weighted by atomic mass is 35.5. The molecule has 0 aliphatic carbocycles. The lowest BCUT2D eigenvalue weighted by molar-refractivity contribution is 1.59. The van der Waals surface area contributed by atoms with Gasteiger partial charge < -0.3 is 0 Å². The van der Waals surface area contributed by atoms with Crippen LogP contribution in [0, 0.1) is 12.3 Å². The third-order valence-electron chi connectivity index (χ3n) is 1.50. The minimum absolute atomic E-state index is 0.513. The number of benzene rings is 1. The summed E-state index contributed by atoms with van der Waals surface area (Å²) < 4.78 is 0. The summed E-state index contributed by atoms with van der Waals surface area (Å²) in [6, 6.07) is 7.76. The lowest BCUT2D eigenvalue weighted by atomic mass is 10.1. The largest absolute Gasteiger partial charge is 0.122 e. The average Bonchev–Trinajstić information content (AvgIpc) is 2.15. The van der Waals surface area contributed by atoms with Crippen molar-refractivity contribution in [1.29, 1.82) is 0 Å². The molecule has 0 aliphatic heterocycles. The van der Waals surface area contributed by atoms with E-state index in [0.29, 0.717) is 5.88 Å². The van der Waals surface area contributed by atoms with Gasteiger partial charge in [-0.25, -0.2) is 0 Å². The second kappa shape index (κ2) is 4.64. The quantitative estimate of drug-likeness (QED) is 0.480. The van der Waals surface area contributed by atoms with E-state index in [1.165, 1.54) is 0 Å². The van der Waals surface area contributed by atoms with Gasteiger partial charge in [0.05, 0.1) is 0 Å². The highest BCUT2D eigenvalue weighted by molar-refractivity contribution is 6.19. The predicted molar refractivity (Wildman–Crippen MR) is 54.1 cm³/mol. The molecular formula is C11H9Cl. The van der Waals surface area contributed by atoms with Crippen LogP contribution in [-0.4, -0.2) is 5.88 Å². The Morgan fingerprint density at radius 3 is 2.83 bits per heavy atom. The maximum absolute atomic E-state index is 5.51. The Labute approximate surface area is 77.9 Å². The Morgan fingerprint density at radius 1 is 1.42 bits per heavy atom. The molecule has 1 heteroatoms. The molecule has 0 radical (unpaired) electrons. The molecule has 0 aromatic heterocycles. The van der Waals surface area contributed by atoms with E-state index in [2.05, 4.69) is 5.92 Å². The van der Waals surface area contributed by atoms with E-state index in [-0.39, 0.29) is 0 Å². The van der Waals surface area contributed by atoms with Crippen molar-refractivity contribution < 1.29 is 0 Å². The number of allylic oxidation sites excluding steroid dienone is 1. The van der Waals surface area contributed by atoms with E-state index in [9.17, 15) is 0 Å². The molecule has 0 unspecified atom stereocenters. The van der Waals surface area contributed by atoms with Gasteiger partial charge in [0, 0.05) is 11.4 Å². The van der Waals surface area contributed by atoms with Gasteiger partial charge >= 0.3 is 0 Å². The zero-order valence-electron chi connectivity index (χ0n) is 6.63. The Morgan fingerprint density at radius 2 is 2.17 bits per heavy atom. The Kier molecular flexibility index (Phi) is 3.44. The van der Waals surface area contributed by atoms with Gasteiger partial charge in [-0.15, -0.1) is 18.0 Å². The summed E-state index contributed by atoms with van der Waals surface area (Å²) >= 11 is 5.51. The smallest absolute Gasteiger partial charge is 0.0407 e. The SMILES string of the molecule is C#Cc1ccccc1C=CCCl. The highest BCUT2D eigenvalue weighted by Gasteiger charge is 1.91. The first kappa shape index (κ1) is 8.90. The Balaban J connectivity index is 2.99. The van der Waals surface area contributed by atoms with Crippen molar-refractivity contribution in [2.45, 2.75) is 0 Å². The molecule has 0 atom stereocenters. The van der Waals surface area contributed by atoms with E-state index in [0.717, 1.165) is 11.1 Å². The minimum Gasteiger partial charge on any atom is -0.122 e. The van der Waals surface area contributed by atoms with Gasteiger partial charge in [0.15, 0.2) is 0 Å². The van der Waals surface area contributed by atoms with Crippen LogP contribution in [0.15, 0.2) is 30.3 Å². The molecule has 0 fully saturated rings. The van der Waals surface area contributed by atoms with Gasteiger partial charge in [0.2, 0.25) is 0 Å². The topological polar surface area (TPSA) is 0 Å². The van der Waals surface area contributed by atoms with E-state index in [4.69, 9.17) is 18.0 Å². The number of hydrogen-bond acceptors (Lipinski definition) is 0. The first-order valence-electron chi connectivity index (χ1n) is 3.66. The van der Waals surface area contributed by atoms with Crippen LogP contribution in [0.25, 0.3) is 6.08 Å². The zero-order chi connectivity index (χ0) is 8.81. The fraction of sp³-hybridized carbons (Fsp3) is 0.0909. The molecular weight excluding hydrogens is 168 g/mol. The first-order valence-corrected chi connectivity index (χ1v) is 4.20. The van der Waals surface area contributed by atoms with Crippen LogP contribution < -0.4 is 0 Å². The van der Waals surface area contributed by atoms with Crippen LogP contribution in [0.3, 0.4) is 0 Å². The van der Waals surface area contributed by atoms with Gasteiger partial charge in [-0.1, -0.05) is 36.3 Å². The van der Waals surface area contributed by atoms with Crippen LogP contribution in [-0.2, 0) is 0 Å². The monoisotopic (exact) mass is 176 g/mol. The first-order chi connectivity index (χ1) is 5.88. The van der Waals surface area contributed by atoms with Gasteiger partial charge in [-0.2, -0.15) is 0 Å². The molecule has 1 rings (SSSR count). The molecule has 1 aromatic carbocycles. The second-order valence-corrected chi connectivity index (χ2v) is 2.60. The molecule has 12 heavy (non-hydrogen) atoms. The molecule has 60 valence electrons. The molecule has 0 spiro atoms. The van der Waals surface area contributed by atoms with Crippen molar-refractivity contribution in [3.05, 3.63) is 41.5 Å². The molecule has 0 bridgehead atoms. The summed E-state index contributed by atoms with van der Waals surface area (Å²) in [5.74, 6) is 3.12. The van der Waals surface area contributed by atoms with Crippen LogP contribution in [0.4, 0.5) is 0 Å². The molecule has 0 nitrogen and oxygen atoms in total. The van der Waals surface area contributed by atoms with Crippen LogP contribution in [0.5, 0.6) is 0 Å². The van der Waals surface area contributed by atoms with Gasteiger partial charge in [-0.3, -0.25) is 0 Å². The maximum Gasteiger partial charge on any atom is 0.0407 e. The van der Waals surface area contributed by atoms with E-state index in [1.54, 1.807) is 0 Å². The van der Waals surface area contributed by atoms with E-state index >= 15 is 0 Å². The molecule has 0 N–H and O–H groups in total. The maximum atomic E-state index is 5.51. The summed E-state index contributed by atoms with van der Waals surface area (Å²) in [5, 5.41) is 0. The Bertz CT molecular complexity index is 318. The fourth-order valence-electron chi connectivity index (χ4n) is 0.945. The number of hydrogen-bond donors (Lipinski definition) is 0. The molecule has 0 heterocycles. The Hall–Kier alpha value is -1.19. The second-order valence-electron chi connectivity index (χ2n) is 2.29. The summed E-state index contributed by atoms with van der Waals surface area (Å²) in [5.41, 5.74) is 1.94. The molecule has 1 aromatic rings. The number of rotatable bonds is 2. The number of alkyl halides is 1. The summed E-state index contributed by atoms with van der Waals surface area (Å²) in [4.78, 5) is 0. The third kappa shape index (κ3) is 2.15. The lowest BCUT2D eigenvalue weighted by Gasteiger charge is -1.96. The van der Waals surface area contributed by atoms with Crippen molar-refractivity contribution in [3.8, 4) is 12.3 Å². The lowest BCUT2D eigenvalue weighted by Crippen LogP contribution is -1.79. The van der Waals surface area contributed by atoms with E-state index in [1.807, 2.05) is 36.4 Å². The molecule has 0 aliphatic rings. The highest BCUT2D eigenvalue weighted by Crippen LogP contribution is 2.08. The minimum atomic E-state index is 0.513. The fourth-order valence-corrected chi connectivity index (χ4v) is 1.03. The van der Waals surface area contributed by atoms with Gasteiger partial charge in [0.25, 0.3) is 0 Å². The number of halogens is 1. The number of terminal acetylenes is 1. The summed E-state index contributed by atoms with van der Waals surface area (Å²) in [6.45, 7) is 0. The van der Waals surface area contributed by atoms with Crippen LogP contribution >= 0.6 is 11.6 Å². The van der Waals surface area contributed by atoms with Gasteiger partial charge in [0.1, 0.15) is 0 Å².